The van der Waals surface area contributed by atoms with E-state index in [9.17, 15) is 24.3 Å². The largest absolute Gasteiger partial charge is 0.508 e. The van der Waals surface area contributed by atoms with Crippen LogP contribution in [-0.2, 0) is 16.0 Å². The third-order valence-corrected chi connectivity index (χ3v) is 12.2. The minimum atomic E-state index is -0.454. The molecule has 9 heteroatoms. The summed E-state index contributed by atoms with van der Waals surface area (Å²) in [4.78, 5) is 57.4. The Morgan fingerprint density at radius 2 is 1.38 bits per heavy atom. The maximum atomic E-state index is 13.7. The highest BCUT2D eigenvalue weighted by atomic mass is 16.3. The molecule has 55 heavy (non-hydrogen) atoms. The third kappa shape index (κ3) is 7.40. The number of hydrogen-bond donors (Lipinski definition) is 2. The van der Waals surface area contributed by atoms with Crippen molar-refractivity contribution in [2.75, 3.05) is 44.2 Å². The minimum absolute atomic E-state index is 0.00915. The van der Waals surface area contributed by atoms with Gasteiger partial charge >= 0.3 is 6.03 Å². The predicted molar refractivity (Wildman–Crippen MR) is 214 cm³/mol. The number of carbonyl (C=O) groups is 4. The molecule has 3 fully saturated rings. The number of ketones is 1. The van der Waals surface area contributed by atoms with Gasteiger partial charge in [-0.3, -0.25) is 19.7 Å². The number of benzene rings is 4. The SMILES string of the molecule is CC/C(=C(\c1ccc(O)cc1)c1ccc(N2CCN(C(=O)N3CCC(c4ccc5c(c4)CC(C4CCC(=O)NC4=O)C5=O)CC3)CC2)cc1)c1ccccc1. The molecule has 1 aliphatic carbocycles. The van der Waals surface area contributed by atoms with E-state index in [-0.39, 0.29) is 35.8 Å². The van der Waals surface area contributed by atoms with Crippen LogP contribution in [-0.4, -0.2) is 77.8 Å². The average Bonchev–Trinajstić information content (AvgIpc) is 3.55. The third-order valence-electron chi connectivity index (χ3n) is 12.2. The first-order valence-electron chi connectivity index (χ1n) is 19.7. The van der Waals surface area contributed by atoms with Gasteiger partial charge in [0.25, 0.3) is 0 Å². The summed E-state index contributed by atoms with van der Waals surface area (Å²) in [6.45, 7) is 6.43. The molecule has 4 aliphatic rings. The fourth-order valence-electron chi connectivity index (χ4n) is 9.13. The molecule has 0 saturated carbocycles. The Morgan fingerprint density at radius 1 is 0.727 bits per heavy atom. The Labute approximate surface area is 322 Å². The van der Waals surface area contributed by atoms with Gasteiger partial charge in [0, 0.05) is 68.8 Å². The summed E-state index contributed by atoms with van der Waals surface area (Å²) < 4.78 is 0. The highest BCUT2D eigenvalue weighted by molar-refractivity contribution is 6.07. The van der Waals surface area contributed by atoms with E-state index in [1.807, 2.05) is 40.1 Å². The van der Waals surface area contributed by atoms with Crippen LogP contribution < -0.4 is 10.2 Å². The van der Waals surface area contributed by atoms with Crippen LogP contribution in [0.15, 0.2) is 97.1 Å². The van der Waals surface area contributed by atoms with E-state index in [2.05, 4.69) is 71.7 Å². The molecule has 282 valence electrons. The van der Waals surface area contributed by atoms with Crippen molar-refractivity contribution in [1.29, 1.82) is 0 Å². The second kappa shape index (κ2) is 15.6. The molecule has 0 radical (unpaired) electrons. The van der Waals surface area contributed by atoms with Crippen LogP contribution in [0.2, 0.25) is 0 Å². The number of phenolic OH excluding ortho intramolecular Hbond substituents is 1. The molecular formula is C46H48N4O5. The average molecular weight is 737 g/mol. The number of carbonyl (C=O) groups excluding carboxylic acids is 4. The van der Waals surface area contributed by atoms with Crippen molar-refractivity contribution in [3.8, 4) is 5.75 Å². The van der Waals surface area contributed by atoms with Gasteiger partial charge < -0.3 is 19.8 Å². The number of phenols is 1. The van der Waals surface area contributed by atoms with E-state index < -0.39 is 11.8 Å². The lowest BCUT2D eigenvalue weighted by atomic mass is 9.83. The summed E-state index contributed by atoms with van der Waals surface area (Å²) in [6.07, 6.45) is 3.83. The number of hydrogen-bond acceptors (Lipinski definition) is 6. The Balaban J connectivity index is 0.869. The normalized spacial score (nSPS) is 21.0. The maximum absolute atomic E-state index is 13.7. The van der Waals surface area contributed by atoms with E-state index in [0.29, 0.717) is 50.5 Å². The van der Waals surface area contributed by atoms with Crippen molar-refractivity contribution < 1.29 is 24.3 Å². The van der Waals surface area contributed by atoms with Gasteiger partial charge in [0.05, 0.1) is 0 Å². The quantitative estimate of drug-likeness (QED) is 0.152. The van der Waals surface area contributed by atoms with E-state index in [1.165, 1.54) is 16.7 Å². The van der Waals surface area contributed by atoms with Gasteiger partial charge in [0.2, 0.25) is 11.8 Å². The zero-order valence-corrected chi connectivity index (χ0v) is 31.4. The summed E-state index contributed by atoms with van der Waals surface area (Å²) in [7, 11) is 0. The van der Waals surface area contributed by atoms with Crippen molar-refractivity contribution in [2.45, 2.75) is 51.4 Å². The fourth-order valence-corrected chi connectivity index (χ4v) is 9.13. The number of likely N-dealkylation sites (tertiary alicyclic amines) is 1. The molecule has 2 N–H and O–H groups in total. The van der Waals surface area contributed by atoms with Crippen LogP contribution >= 0.6 is 0 Å². The molecule has 4 amide bonds. The molecule has 3 heterocycles. The van der Waals surface area contributed by atoms with Gasteiger partial charge in [-0.2, -0.15) is 0 Å². The summed E-state index contributed by atoms with van der Waals surface area (Å²) >= 11 is 0. The van der Waals surface area contributed by atoms with E-state index in [1.54, 1.807) is 12.1 Å². The van der Waals surface area contributed by atoms with E-state index in [0.717, 1.165) is 60.3 Å². The molecule has 3 aliphatic heterocycles. The van der Waals surface area contributed by atoms with Crippen LogP contribution in [0.5, 0.6) is 5.75 Å². The fraction of sp³-hybridized carbons (Fsp3) is 0.348. The zero-order chi connectivity index (χ0) is 38.1. The predicted octanol–water partition coefficient (Wildman–Crippen LogP) is 7.29. The number of fused-ring (bicyclic) bond motifs is 1. The second-order valence-electron chi connectivity index (χ2n) is 15.3. The van der Waals surface area contributed by atoms with Crippen molar-refractivity contribution >= 4 is 40.5 Å². The van der Waals surface area contributed by atoms with E-state index in [4.69, 9.17) is 0 Å². The molecule has 2 atom stereocenters. The number of nitrogens with zero attached hydrogens (tertiary/aromatic N) is 3. The Bertz CT molecular complexity index is 2110. The van der Waals surface area contributed by atoms with Crippen LogP contribution in [0.1, 0.15) is 83.1 Å². The van der Waals surface area contributed by atoms with E-state index >= 15 is 0 Å². The molecule has 2 unspecified atom stereocenters. The molecule has 8 rings (SSSR count). The van der Waals surface area contributed by atoms with Crippen LogP contribution in [0.25, 0.3) is 11.1 Å². The van der Waals surface area contributed by atoms with Crippen LogP contribution in [0.4, 0.5) is 10.5 Å². The lowest BCUT2D eigenvalue weighted by Gasteiger charge is -2.40. The molecular weight excluding hydrogens is 689 g/mol. The van der Waals surface area contributed by atoms with Gasteiger partial charge in [-0.05, 0) is 101 Å². The topological polar surface area (TPSA) is 110 Å². The minimum Gasteiger partial charge on any atom is -0.508 e. The monoisotopic (exact) mass is 736 g/mol. The molecule has 0 aromatic heterocycles. The second-order valence-corrected chi connectivity index (χ2v) is 15.3. The molecule has 9 nitrogen and oxygen atoms in total. The number of allylic oxidation sites excluding steroid dienone is 1. The standard InChI is InChI=1S/C46H48N4O5/c1-2-38(31-6-4-3-5-7-31)43(33-10-15-37(51)16-11-33)32-8-13-36(14-9-32)48-24-26-50(27-25-48)46(55)49-22-20-30(21-23-49)34-12-17-39-35(28-34)29-41(44(39)53)40-18-19-42(52)47-45(40)54/h3-17,28,30,40-41,51H,2,18-27,29H2,1H3,(H,47,52,54)/b43-38+. The first-order valence-corrected chi connectivity index (χ1v) is 19.7. The number of Topliss-reactive ketones (excluding diaryl/α,β-unsaturated/α-hetero) is 1. The molecule has 0 bridgehead atoms. The number of imide groups is 1. The lowest BCUT2D eigenvalue weighted by molar-refractivity contribution is -0.137. The number of nitrogens with one attached hydrogen (secondary N) is 1. The van der Waals surface area contributed by atoms with Gasteiger partial charge in [-0.1, -0.05) is 79.7 Å². The number of urea groups is 1. The molecule has 4 aromatic rings. The Hall–Kier alpha value is -5.70. The lowest BCUT2D eigenvalue weighted by Crippen LogP contribution is -2.54. The number of amides is 4. The van der Waals surface area contributed by atoms with Gasteiger partial charge in [-0.15, -0.1) is 0 Å². The van der Waals surface area contributed by atoms with Crippen LogP contribution in [0, 0.1) is 11.8 Å². The van der Waals surface area contributed by atoms with Gasteiger partial charge in [0.1, 0.15) is 5.75 Å². The van der Waals surface area contributed by atoms with Gasteiger partial charge in [0.15, 0.2) is 5.78 Å². The number of rotatable bonds is 7. The maximum Gasteiger partial charge on any atom is 0.320 e. The van der Waals surface area contributed by atoms with Crippen molar-refractivity contribution in [3.63, 3.8) is 0 Å². The number of aromatic hydroxyl groups is 1. The molecule has 3 saturated heterocycles. The van der Waals surface area contributed by atoms with Crippen molar-refractivity contribution in [1.82, 2.24) is 15.1 Å². The first kappa shape index (κ1) is 36.3. The van der Waals surface area contributed by atoms with Crippen molar-refractivity contribution in [2.24, 2.45) is 11.8 Å². The summed E-state index contributed by atoms with van der Waals surface area (Å²) in [6, 6.07) is 32.9. The van der Waals surface area contributed by atoms with Gasteiger partial charge in [-0.25, -0.2) is 4.79 Å². The molecule has 4 aromatic carbocycles. The number of piperidine rings is 2. The Kier molecular flexibility index (Phi) is 10.3. The van der Waals surface area contributed by atoms with Crippen molar-refractivity contribution in [3.05, 3.63) is 130 Å². The Morgan fingerprint density at radius 3 is 2.04 bits per heavy atom. The van der Waals surface area contributed by atoms with Crippen LogP contribution in [0.3, 0.4) is 0 Å². The first-order chi connectivity index (χ1) is 26.8. The number of anilines is 1. The smallest absolute Gasteiger partial charge is 0.320 e. The summed E-state index contributed by atoms with van der Waals surface area (Å²) in [5.74, 6) is -0.880. The highest BCUT2D eigenvalue weighted by Crippen LogP contribution is 2.39. The highest BCUT2D eigenvalue weighted by Gasteiger charge is 2.42. The zero-order valence-electron chi connectivity index (χ0n) is 31.4. The number of piperazine rings is 1. The summed E-state index contributed by atoms with van der Waals surface area (Å²) in [5, 5.41) is 12.4. The summed E-state index contributed by atoms with van der Waals surface area (Å²) in [5.41, 5.74) is 9.80. The molecule has 0 spiro atoms.